The van der Waals surface area contributed by atoms with E-state index in [2.05, 4.69) is 10.1 Å². The molecule has 0 spiro atoms. The number of amides is 1. The molecule has 0 radical (unpaired) electrons. The normalized spacial score (nSPS) is 12.0. The number of hydrogen-bond acceptors (Lipinski definition) is 3. The van der Waals surface area contributed by atoms with Crippen molar-refractivity contribution in [2.45, 2.75) is 26.5 Å². The smallest absolute Gasteiger partial charge is 0.387 e. The zero-order chi connectivity index (χ0) is 14.6. The molecule has 1 aromatic carbocycles. The fourth-order valence-electron chi connectivity index (χ4n) is 1.30. The van der Waals surface area contributed by atoms with E-state index in [1.807, 2.05) is 13.8 Å². The summed E-state index contributed by atoms with van der Waals surface area (Å²) >= 11 is 5.76. The second-order valence-electron chi connectivity index (χ2n) is 4.28. The SMILES string of the molecule is CC(C)[C@@H](N)C(=O)Nc1ccc(OC(F)F)c(Cl)c1.Cl. The van der Waals surface area contributed by atoms with Gasteiger partial charge in [0.2, 0.25) is 5.91 Å². The van der Waals surface area contributed by atoms with Crippen LogP contribution in [0.1, 0.15) is 13.8 Å². The fraction of sp³-hybridized carbons (Fsp3) is 0.417. The van der Waals surface area contributed by atoms with Crippen LogP contribution in [0.15, 0.2) is 18.2 Å². The lowest BCUT2D eigenvalue weighted by Gasteiger charge is -2.16. The number of hydrogen-bond donors (Lipinski definition) is 2. The van der Waals surface area contributed by atoms with Crippen molar-refractivity contribution in [3.63, 3.8) is 0 Å². The van der Waals surface area contributed by atoms with Gasteiger partial charge in [0.1, 0.15) is 5.75 Å². The maximum absolute atomic E-state index is 12.0. The van der Waals surface area contributed by atoms with Crippen LogP contribution in [0.3, 0.4) is 0 Å². The Balaban J connectivity index is 0.00000361. The lowest BCUT2D eigenvalue weighted by molar-refractivity contribution is -0.118. The first-order valence-electron chi connectivity index (χ1n) is 5.62. The zero-order valence-corrected chi connectivity index (χ0v) is 12.5. The molecule has 1 amide bonds. The van der Waals surface area contributed by atoms with Gasteiger partial charge in [-0.2, -0.15) is 8.78 Å². The molecular formula is C12H16Cl2F2N2O2. The van der Waals surface area contributed by atoms with Gasteiger partial charge in [0, 0.05) is 5.69 Å². The molecule has 1 atom stereocenters. The number of benzene rings is 1. The highest BCUT2D eigenvalue weighted by Crippen LogP contribution is 2.29. The van der Waals surface area contributed by atoms with E-state index in [1.54, 1.807) is 0 Å². The van der Waals surface area contributed by atoms with E-state index >= 15 is 0 Å². The van der Waals surface area contributed by atoms with Crippen LogP contribution in [-0.4, -0.2) is 18.6 Å². The number of alkyl halides is 2. The molecule has 3 N–H and O–H groups in total. The average molecular weight is 329 g/mol. The van der Waals surface area contributed by atoms with Gasteiger partial charge >= 0.3 is 6.61 Å². The fourth-order valence-corrected chi connectivity index (χ4v) is 1.52. The van der Waals surface area contributed by atoms with Crippen molar-refractivity contribution in [3.05, 3.63) is 23.2 Å². The number of ether oxygens (including phenoxy) is 1. The minimum Gasteiger partial charge on any atom is -0.433 e. The minimum atomic E-state index is -2.95. The van der Waals surface area contributed by atoms with Crippen LogP contribution >= 0.6 is 24.0 Å². The van der Waals surface area contributed by atoms with Crippen molar-refractivity contribution < 1.29 is 18.3 Å². The molecule has 0 aromatic heterocycles. The molecule has 1 rings (SSSR count). The summed E-state index contributed by atoms with van der Waals surface area (Å²) in [6, 6.07) is 3.33. The van der Waals surface area contributed by atoms with Crippen LogP contribution in [0.2, 0.25) is 5.02 Å². The van der Waals surface area contributed by atoms with Gasteiger partial charge in [0.25, 0.3) is 0 Å². The van der Waals surface area contributed by atoms with Gasteiger partial charge in [0.05, 0.1) is 11.1 Å². The largest absolute Gasteiger partial charge is 0.433 e. The Morgan fingerprint density at radius 3 is 2.45 bits per heavy atom. The molecule has 0 aliphatic carbocycles. The molecule has 0 heterocycles. The van der Waals surface area contributed by atoms with Crippen LogP contribution in [0, 0.1) is 5.92 Å². The number of carbonyl (C=O) groups excluding carboxylic acids is 1. The van der Waals surface area contributed by atoms with Crippen LogP contribution in [0.5, 0.6) is 5.75 Å². The summed E-state index contributed by atoms with van der Waals surface area (Å²) in [5, 5.41) is 2.54. The van der Waals surface area contributed by atoms with Crippen LogP contribution in [-0.2, 0) is 4.79 Å². The van der Waals surface area contributed by atoms with E-state index in [1.165, 1.54) is 18.2 Å². The van der Waals surface area contributed by atoms with Gasteiger partial charge in [-0.1, -0.05) is 25.4 Å². The Morgan fingerprint density at radius 2 is 2.00 bits per heavy atom. The van der Waals surface area contributed by atoms with E-state index in [9.17, 15) is 13.6 Å². The lowest BCUT2D eigenvalue weighted by Crippen LogP contribution is -2.39. The van der Waals surface area contributed by atoms with E-state index < -0.39 is 12.7 Å². The van der Waals surface area contributed by atoms with Gasteiger partial charge in [0.15, 0.2) is 0 Å². The summed E-state index contributed by atoms with van der Waals surface area (Å²) in [6.07, 6.45) is 0. The second kappa shape index (κ2) is 8.24. The van der Waals surface area contributed by atoms with E-state index in [0.717, 1.165) is 0 Å². The molecule has 0 unspecified atom stereocenters. The molecule has 0 saturated carbocycles. The van der Waals surface area contributed by atoms with Crippen molar-refractivity contribution in [1.82, 2.24) is 0 Å². The number of rotatable bonds is 5. The van der Waals surface area contributed by atoms with Gasteiger partial charge in [-0.25, -0.2) is 0 Å². The van der Waals surface area contributed by atoms with Crippen LogP contribution in [0.4, 0.5) is 14.5 Å². The lowest BCUT2D eigenvalue weighted by atomic mass is 10.0. The number of nitrogens with two attached hydrogens (primary N) is 1. The predicted octanol–water partition coefficient (Wildman–Crippen LogP) is 3.29. The molecule has 0 fully saturated rings. The molecule has 0 bridgehead atoms. The first-order valence-corrected chi connectivity index (χ1v) is 6.00. The average Bonchev–Trinajstić information content (AvgIpc) is 2.31. The Bertz CT molecular complexity index is 459. The summed E-state index contributed by atoms with van der Waals surface area (Å²) in [5.74, 6) is -0.534. The van der Waals surface area contributed by atoms with E-state index in [4.69, 9.17) is 17.3 Å². The third kappa shape index (κ3) is 5.48. The Hall–Kier alpha value is -1.11. The van der Waals surface area contributed by atoms with Crippen molar-refractivity contribution >= 4 is 35.6 Å². The monoisotopic (exact) mass is 328 g/mol. The van der Waals surface area contributed by atoms with Crippen LogP contribution < -0.4 is 15.8 Å². The molecule has 4 nitrogen and oxygen atoms in total. The van der Waals surface area contributed by atoms with E-state index in [-0.39, 0.29) is 35.0 Å². The minimum absolute atomic E-state index is 0. The third-order valence-electron chi connectivity index (χ3n) is 2.44. The Labute approximate surface area is 127 Å². The predicted molar refractivity (Wildman–Crippen MR) is 76.8 cm³/mol. The van der Waals surface area contributed by atoms with E-state index in [0.29, 0.717) is 5.69 Å². The molecule has 8 heteroatoms. The van der Waals surface area contributed by atoms with Crippen molar-refractivity contribution in [2.24, 2.45) is 11.7 Å². The van der Waals surface area contributed by atoms with Gasteiger partial charge in [-0.3, -0.25) is 4.79 Å². The standard InChI is InChI=1S/C12H15ClF2N2O2.ClH/c1-6(2)10(16)11(18)17-7-3-4-9(8(13)5-7)19-12(14)15;/h3-6,10,12H,16H2,1-2H3,(H,17,18);1H/t10-;/m1./s1. The molecule has 0 aliphatic rings. The van der Waals surface area contributed by atoms with Crippen molar-refractivity contribution in [3.8, 4) is 5.75 Å². The summed E-state index contributed by atoms with van der Waals surface area (Å²) in [6.45, 7) is 0.681. The third-order valence-corrected chi connectivity index (χ3v) is 2.73. The van der Waals surface area contributed by atoms with Crippen molar-refractivity contribution in [2.75, 3.05) is 5.32 Å². The summed E-state index contributed by atoms with van der Waals surface area (Å²) < 4.78 is 28.3. The first kappa shape index (κ1) is 18.9. The maximum Gasteiger partial charge on any atom is 0.387 e. The summed E-state index contributed by atoms with van der Waals surface area (Å²) in [4.78, 5) is 11.7. The molecular weight excluding hydrogens is 313 g/mol. The topological polar surface area (TPSA) is 64.4 Å². The maximum atomic E-state index is 12.0. The van der Waals surface area contributed by atoms with Gasteiger partial charge in [-0.15, -0.1) is 12.4 Å². The van der Waals surface area contributed by atoms with Crippen LogP contribution in [0.25, 0.3) is 0 Å². The first-order chi connectivity index (χ1) is 8.81. The number of nitrogens with one attached hydrogen (secondary N) is 1. The highest BCUT2D eigenvalue weighted by atomic mass is 35.5. The quantitative estimate of drug-likeness (QED) is 0.871. The Kier molecular flexibility index (Phi) is 7.78. The number of halogens is 4. The highest BCUT2D eigenvalue weighted by molar-refractivity contribution is 6.32. The van der Waals surface area contributed by atoms with Gasteiger partial charge < -0.3 is 15.8 Å². The van der Waals surface area contributed by atoms with Gasteiger partial charge in [-0.05, 0) is 24.1 Å². The van der Waals surface area contributed by atoms with Crippen molar-refractivity contribution in [1.29, 1.82) is 0 Å². The molecule has 0 aliphatic heterocycles. The highest BCUT2D eigenvalue weighted by Gasteiger charge is 2.17. The number of carbonyl (C=O) groups is 1. The molecule has 0 saturated heterocycles. The summed E-state index contributed by atoms with van der Waals surface area (Å²) in [7, 11) is 0. The Morgan fingerprint density at radius 1 is 1.40 bits per heavy atom. The molecule has 20 heavy (non-hydrogen) atoms. The summed E-state index contributed by atoms with van der Waals surface area (Å²) in [5.41, 5.74) is 6.04. The second-order valence-corrected chi connectivity index (χ2v) is 4.69. The molecule has 114 valence electrons. The number of anilines is 1. The zero-order valence-electron chi connectivity index (χ0n) is 10.9. The molecule has 1 aromatic rings.